The Labute approximate surface area is 154 Å². The zero-order valence-electron chi connectivity index (χ0n) is 14.9. The monoisotopic (exact) mass is 346 g/mol. The van der Waals surface area contributed by atoms with E-state index in [2.05, 4.69) is 17.2 Å². The van der Waals surface area contributed by atoms with Crippen molar-refractivity contribution in [2.24, 2.45) is 0 Å². The molecule has 0 atom stereocenters. The van der Waals surface area contributed by atoms with E-state index in [4.69, 9.17) is 0 Å². The number of anilines is 1. The van der Waals surface area contributed by atoms with Crippen LogP contribution < -0.4 is 10.2 Å². The van der Waals surface area contributed by atoms with Gasteiger partial charge in [0.05, 0.1) is 12.2 Å². The lowest BCUT2D eigenvalue weighted by atomic mass is 10.0. The second-order valence-corrected chi connectivity index (χ2v) is 6.28. The van der Waals surface area contributed by atoms with Crippen LogP contribution in [0.4, 0.5) is 5.69 Å². The van der Waals surface area contributed by atoms with Crippen molar-refractivity contribution in [2.45, 2.75) is 32.2 Å². The van der Waals surface area contributed by atoms with E-state index in [1.54, 1.807) is 7.05 Å². The highest BCUT2D eigenvalue weighted by atomic mass is 16.2. The molecule has 4 heteroatoms. The molecule has 0 saturated carbocycles. The van der Waals surface area contributed by atoms with Gasteiger partial charge in [-0.15, -0.1) is 0 Å². The summed E-state index contributed by atoms with van der Waals surface area (Å²) in [5.74, 6) is 6.49. The van der Waals surface area contributed by atoms with Gasteiger partial charge < -0.3 is 10.2 Å². The molecular weight excluding hydrogens is 324 g/mol. The van der Waals surface area contributed by atoms with Crippen molar-refractivity contribution < 1.29 is 9.59 Å². The van der Waals surface area contributed by atoms with Crippen molar-refractivity contribution in [1.29, 1.82) is 0 Å². The summed E-state index contributed by atoms with van der Waals surface area (Å²) >= 11 is 0. The molecular formula is C22H22N2O2. The highest BCUT2D eigenvalue weighted by molar-refractivity contribution is 5.95. The highest BCUT2D eigenvalue weighted by Gasteiger charge is 2.20. The molecule has 0 unspecified atom stereocenters. The van der Waals surface area contributed by atoms with Crippen LogP contribution in [0.3, 0.4) is 0 Å². The first kappa shape index (κ1) is 17.8. The van der Waals surface area contributed by atoms with E-state index in [0.29, 0.717) is 32.2 Å². The van der Waals surface area contributed by atoms with Gasteiger partial charge in [-0.05, 0) is 36.6 Å². The van der Waals surface area contributed by atoms with Crippen LogP contribution in [-0.4, -0.2) is 18.9 Å². The van der Waals surface area contributed by atoms with E-state index >= 15 is 0 Å². The van der Waals surface area contributed by atoms with Crippen molar-refractivity contribution in [3.05, 3.63) is 65.2 Å². The maximum absolute atomic E-state index is 12.9. The largest absolute Gasteiger partial charge is 0.359 e. The maximum atomic E-state index is 12.9. The molecule has 26 heavy (non-hydrogen) atoms. The first-order valence-electron chi connectivity index (χ1n) is 8.89. The van der Waals surface area contributed by atoms with E-state index in [9.17, 15) is 9.59 Å². The van der Waals surface area contributed by atoms with Crippen molar-refractivity contribution >= 4 is 17.5 Å². The Morgan fingerprint density at radius 3 is 2.42 bits per heavy atom. The Morgan fingerprint density at radius 2 is 1.62 bits per heavy atom. The molecule has 2 aromatic carbocycles. The van der Waals surface area contributed by atoms with Gasteiger partial charge in [-0.1, -0.05) is 42.2 Å². The summed E-state index contributed by atoms with van der Waals surface area (Å²) in [6.45, 7) is 0.510. The minimum absolute atomic E-state index is 0.0123. The van der Waals surface area contributed by atoms with Gasteiger partial charge in [-0.25, -0.2) is 0 Å². The van der Waals surface area contributed by atoms with Crippen LogP contribution in [0, 0.1) is 11.8 Å². The average molecular weight is 346 g/mol. The van der Waals surface area contributed by atoms with E-state index in [0.717, 1.165) is 22.4 Å². The number of unbranched alkanes of at least 4 members (excludes halogenated alkanes) is 1. The van der Waals surface area contributed by atoms with Gasteiger partial charge in [0.2, 0.25) is 11.8 Å². The number of para-hydroxylation sites is 1. The van der Waals surface area contributed by atoms with Crippen LogP contribution >= 0.6 is 0 Å². The normalized spacial score (nSPS) is 12.0. The zero-order valence-corrected chi connectivity index (χ0v) is 14.9. The fraction of sp³-hybridized carbons (Fsp3) is 0.273. The van der Waals surface area contributed by atoms with E-state index in [1.165, 1.54) is 0 Å². The highest BCUT2D eigenvalue weighted by Crippen LogP contribution is 2.26. The van der Waals surface area contributed by atoms with Gasteiger partial charge in [0.25, 0.3) is 0 Å². The van der Waals surface area contributed by atoms with Crippen LogP contribution in [0.2, 0.25) is 0 Å². The van der Waals surface area contributed by atoms with E-state index in [-0.39, 0.29) is 11.8 Å². The molecule has 1 N–H and O–H groups in total. The summed E-state index contributed by atoms with van der Waals surface area (Å²) in [5, 5.41) is 2.61. The van der Waals surface area contributed by atoms with E-state index < -0.39 is 0 Å². The lowest BCUT2D eigenvalue weighted by Crippen LogP contribution is -2.31. The molecule has 2 aromatic rings. The molecule has 0 radical (unpaired) electrons. The molecule has 0 spiro atoms. The van der Waals surface area contributed by atoms with Crippen LogP contribution in [-0.2, 0) is 16.1 Å². The van der Waals surface area contributed by atoms with Gasteiger partial charge in [0.1, 0.15) is 0 Å². The summed E-state index contributed by atoms with van der Waals surface area (Å²) in [7, 11) is 1.63. The van der Waals surface area contributed by atoms with Gasteiger partial charge >= 0.3 is 0 Å². The summed E-state index contributed by atoms with van der Waals surface area (Å²) < 4.78 is 0. The van der Waals surface area contributed by atoms with Crippen molar-refractivity contribution in [1.82, 2.24) is 5.32 Å². The molecule has 1 heterocycles. The molecule has 132 valence electrons. The molecule has 3 rings (SSSR count). The van der Waals surface area contributed by atoms with Crippen LogP contribution in [0.1, 0.15) is 42.4 Å². The Kier molecular flexibility index (Phi) is 5.70. The van der Waals surface area contributed by atoms with Crippen LogP contribution in [0.15, 0.2) is 48.5 Å². The first-order chi connectivity index (χ1) is 12.7. The van der Waals surface area contributed by atoms with Crippen molar-refractivity contribution in [3.8, 4) is 11.8 Å². The molecule has 1 aliphatic heterocycles. The average Bonchev–Trinajstić information content (AvgIpc) is 2.66. The van der Waals surface area contributed by atoms with Crippen molar-refractivity contribution in [3.63, 3.8) is 0 Å². The molecule has 0 bridgehead atoms. The second kappa shape index (κ2) is 8.35. The molecule has 0 aromatic heterocycles. The number of amides is 2. The Balaban J connectivity index is 1.81. The van der Waals surface area contributed by atoms with Gasteiger partial charge in [0.15, 0.2) is 0 Å². The molecule has 4 nitrogen and oxygen atoms in total. The smallest absolute Gasteiger partial charge is 0.227 e. The molecule has 2 amide bonds. The molecule has 1 aliphatic rings. The predicted octanol–water partition coefficient (Wildman–Crippen LogP) is 3.24. The second-order valence-electron chi connectivity index (χ2n) is 6.28. The standard InChI is InChI=1S/C22H22N2O2/c1-23-21(25)12-6-7-13-22(26)24-16-19-10-3-2-8-17(19)14-15-18-9-4-5-11-20(18)24/h2-5,8-11H,6-7,12-13,16H2,1H3,(H,23,25). The SMILES string of the molecule is CNC(=O)CCCCC(=O)N1Cc2ccccc2C#Cc2ccccc21. The van der Waals surface area contributed by atoms with Crippen LogP contribution in [0.25, 0.3) is 0 Å². The summed E-state index contributed by atoms with van der Waals surface area (Å²) in [6.07, 6.45) is 2.27. The van der Waals surface area contributed by atoms with Gasteiger partial charge in [0, 0.05) is 31.0 Å². The fourth-order valence-corrected chi connectivity index (χ4v) is 3.03. The Hall–Kier alpha value is -3.06. The lowest BCUT2D eigenvalue weighted by molar-refractivity contribution is -0.121. The molecule has 0 fully saturated rings. The quantitative estimate of drug-likeness (QED) is 0.667. The van der Waals surface area contributed by atoms with Gasteiger partial charge in [-0.3, -0.25) is 9.59 Å². The third-order valence-corrected chi connectivity index (χ3v) is 4.50. The third kappa shape index (κ3) is 4.12. The maximum Gasteiger partial charge on any atom is 0.227 e. The number of carbonyl (C=O) groups is 2. The number of hydrogen-bond acceptors (Lipinski definition) is 2. The topological polar surface area (TPSA) is 49.4 Å². The molecule has 0 saturated heterocycles. The van der Waals surface area contributed by atoms with Gasteiger partial charge in [-0.2, -0.15) is 0 Å². The number of carbonyl (C=O) groups excluding carboxylic acids is 2. The predicted molar refractivity (Wildman–Crippen MR) is 103 cm³/mol. The van der Waals surface area contributed by atoms with Crippen LogP contribution in [0.5, 0.6) is 0 Å². The zero-order chi connectivity index (χ0) is 18.4. The number of nitrogens with zero attached hydrogens (tertiary/aromatic N) is 1. The number of rotatable bonds is 5. The minimum atomic E-state index is 0.0123. The first-order valence-corrected chi connectivity index (χ1v) is 8.89. The Morgan fingerprint density at radius 1 is 0.962 bits per heavy atom. The van der Waals surface area contributed by atoms with Crippen molar-refractivity contribution in [2.75, 3.05) is 11.9 Å². The summed E-state index contributed by atoms with van der Waals surface area (Å²) in [6, 6.07) is 15.7. The number of nitrogens with one attached hydrogen (secondary N) is 1. The summed E-state index contributed by atoms with van der Waals surface area (Å²) in [5.41, 5.74) is 3.72. The van der Waals surface area contributed by atoms with E-state index in [1.807, 2.05) is 53.4 Å². The Bertz CT molecular complexity index is 877. The number of hydrogen-bond donors (Lipinski definition) is 1. The fourth-order valence-electron chi connectivity index (χ4n) is 3.03. The minimum Gasteiger partial charge on any atom is -0.359 e. The molecule has 0 aliphatic carbocycles. The lowest BCUT2D eigenvalue weighted by Gasteiger charge is -2.26. The number of fused-ring (bicyclic) bond motifs is 2. The third-order valence-electron chi connectivity index (χ3n) is 4.50. The number of benzene rings is 2. The summed E-state index contributed by atoms with van der Waals surface area (Å²) in [4.78, 5) is 26.1.